The number of hydrogen-bond donors (Lipinski definition) is 0. The third-order valence-electron chi connectivity index (χ3n) is 7.27. The quantitative estimate of drug-likeness (QED) is 0.320. The van der Waals surface area contributed by atoms with Gasteiger partial charge in [0, 0.05) is 67.1 Å². The lowest BCUT2D eigenvalue weighted by atomic mass is 9.96. The topological polar surface area (TPSA) is 89.8 Å². The molecule has 2 aliphatic rings. The molecule has 1 fully saturated rings. The second-order valence-electron chi connectivity index (χ2n) is 11.2. The van der Waals surface area contributed by atoms with Crippen LogP contribution in [0.25, 0.3) is 11.3 Å². The summed E-state index contributed by atoms with van der Waals surface area (Å²) in [5.74, 6) is 0.329. The molecule has 3 aromatic rings. The molecule has 5 rings (SSSR count). The number of fused-ring (bicyclic) bond motifs is 1. The Morgan fingerprint density at radius 2 is 1.98 bits per heavy atom. The molecule has 41 heavy (non-hydrogen) atoms. The Morgan fingerprint density at radius 3 is 2.71 bits per heavy atom. The summed E-state index contributed by atoms with van der Waals surface area (Å²) in [5, 5.41) is 5.00. The average Bonchev–Trinajstić information content (AvgIpc) is 3.30. The summed E-state index contributed by atoms with van der Waals surface area (Å²) >= 11 is 6.13. The minimum Gasteiger partial charge on any atom is -0.370 e. The van der Waals surface area contributed by atoms with Crippen LogP contribution in [-0.4, -0.2) is 88.8 Å². The lowest BCUT2D eigenvalue weighted by Gasteiger charge is -2.38. The third kappa shape index (κ3) is 6.58. The fourth-order valence-corrected chi connectivity index (χ4v) is 5.64. The van der Waals surface area contributed by atoms with Gasteiger partial charge in [-0.25, -0.2) is 24.1 Å². The van der Waals surface area contributed by atoms with E-state index in [0.29, 0.717) is 59.2 Å². The Balaban J connectivity index is 1.31. The number of hydrogen-bond acceptors (Lipinski definition) is 6. The van der Waals surface area contributed by atoms with Crippen LogP contribution in [0.5, 0.6) is 0 Å². The molecule has 0 spiro atoms. The lowest BCUT2D eigenvalue weighted by Crippen LogP contribution is -2.54. The van der Waals surface area contributed by atoms with Crippen LogP contribution >= 0.6 is 21.6 Å². The van der Waals surface area contributed by atoms with Crippen molar-refractivity contribution >= 4 is 39.1 Å². The first-order chi connectivity index (χ1) is 19.5. The number of ether oxygens (including phenoxy) is 2. The third-order valence-corrected chi connectivity index (χ3v) is 8.97. The SMILES string of the molecule is CN1C(=O)CCc2c1ccc(-c1nn(COCCS(C)(C)C)cc1COC1CN(C(=O)c3ncccc3Cl)C1)c2F. The van der Waals surface area contributed by atoms with E-state index in [1.807, 2.05) is 6.20 Å². The first-order valence-electron chi connectivity index (χ1n) is 13.4. The van der Waals surface area contributed by atoms with Crippen LogP contribution in [0.15, 0.2) is 36.7 Å². The van der Waals surface area contributed by atoms with Crippen LogP contribution in [0.1, 0.15) is 28.0 Å². The monoisotopic (exact) mass is 603 g/mol. The molecule has 1 saturated heterocycles. The fourth-order valence-electron chi connectivity index (χ4n) is 4.82. The van der Waals surface area contributed by atoms with E-state index in [-0.39, 0.29) is 49.2 Å². The Labute approximate surface area is 245 Å². The highest BCUT2D eigenvalue weighted by atomic mass is 35.5. The molecule has 0 atom stereocenters. The van der Waals surface area contributed by atoms with Crippen LogP contribution in [-0.2, 0) is 34.0 Å². The van der Waals surface area contributed by atoms with Gasteiger partial charge in [-0.15, -0.1) is 0 Å². The summed E-state index contributed by atoms with van der Waals surface area (Å²) in [4.78, 5) is 32.1. The molecule has 0 unspecified atom stereocenters. The van der Waals surface area contributed by atoms with Crippen LogP contribution in [0, 0.1) is 5.82 Å². The van der Waals surface area contributed by atoms with Crippen LogP contribution < -0.4 is 4.90 Å². The number of carbonyl (C=O) groups excluding carboxylic acids is 2. The average molecular weight is 604 g/mol. The van der Waals surface area contributed by atoms with E-state index in [1.165, 1.54) is 11.1 Å². The molecule has 12 heteroatoms. The standard InChI is InChI=1S/C29H35ClFN5O4S/c1-34-24-9-7-22(26(31)21(24)8-10-25(34)37)27-19(14-36(33-27)18-39-12-13-41(2,3)4)17-40-20-15-35(16-20)29(38)28-23(30)6-5-11-32-28/h5-7,9,11,14,20H,8,10,12-13,15-18H2,1-4H3. The minimum absolute atomic E-state index is 0.0319. The van der Waals surface area contributed by atoms with Crippen molar-refractivity contribution in [3.8, 4) is 11.3 Å². The normalized spacial score (nSPS) is 16.1. The van der Waals surface area contributed by atoms with Crippen molar-refractivity contribution in [2.75, 3.05) is 56.2 Å². The summed E-state index contributed by atoms with van der Waals surface area (Å²) in [5.41, 5.74) is 2.86. The van der Waals surface area contributed by atoms with Crippen LogP contribution in [0.3, 0.4) is 0 Å². The maximum Gasteiger partial charge on any atom is 0.274 e. The van der Waals surface area contributed by atoms with Crippen LogP contribution in [0.4, 0.5) is 10.1 Å². The summed E-state index contributed by atoms with van der Waals surface area (Å²) in [6.07, 6.45) is 10.5. The molecule has 0 radical (unpaired) electrons. The van der Waals surface area contributed by atoms with Gasteiger partial charge in [0.1, 0.15) is 23.9 Å². The highest BCUT2D eigenvalue weighted by Gasteiger charge is 2.34. The zero-order valence-electron chi connectivity index (χ0n) is 23.7. The number of anilines is 1. The van der Waals surface area contributed by atoms with E-state index in [1.54, 1.807) is 40.9 Å². The van der Waals surface area contributed by atoms with Crippen molar-refractivity contribution in [3.63, 3.8) is 0 Å². The Morgan fingerprint density at radius 1 is 1.20 bits per heavy atom. The molecular formula is C29H35ClFN5O4S. The van der Waals surface area contributed by atoms with Gasteiger partial charge >= 0.3 is 0 Å². The number of rotatable bonds is 10. The van der Waals surface area contributed by atoms with Gasteiger partial charge in [-0.1, -0.05) is 11.6 Å². The maximum atomic E-state index is 15.9. The largest absolute Gasteiger partial charge is 0.370 e. The van der Waals surface area contributed by atoms with Crippen molar-refractivity contribution < 1.29 is 23.5 Å². The number of halogens is 2. The molecular weight excluding hydrogens is 569 g/mol. The number of amides is 2. The highest BCUT2D eigenvalue weighted by molar-refractivity contribution is 8.32. The number of pyridine rings is 1. The smallest absolute Gasteiger partial charge is 0.274 e. The molecule has 0 saturated carbocycles. The van der Waals surface area contributed by atoms with E-state index in [0.717, 1.165) is 5.75 Å². The van der Waals surface area contributed by atoms with E-state index < -0.39 is 10.0 Å². The van der Waals surface area contributed by atoms with Gasteiger partial charge < -0.3 is 19.3 Å². The first kappa shape index (κ1) is 29.5. The summed E-state index contributed by atoms with van der Waals surface area (Å²) in [6.45, 7) is 1.85. The molecule has 1 aromatic carbocycles. The van der Waals surface area contributed by atoms with Crippen molar-refractivity contribution in [2.45, 2.75) is 32.3 Å². The molecule has 9 nitrogen and oxygen atoms in total. The highest BCUT2D eigenvalue weighted by Crippen LogP contribution is 2.36. The number of carbonyl (C=O) groups is 2. The van der Waals surface area contributed by atoms with E-state index >= 15 is 4.39 Å². The Bertz CT molecular complexity index is 1450. The molecule has 2 aromatic heterocycles. The lowest BCUT2D eigenvalue weighted by molar-refractivity contribution is -0.118. The van der Waals surface area contributed by atoms with Crippen molar-refractivity contribution in [3.05, 3.63) is 64.3 Å². The second kappa shape index (κ2) is 12.1. The maximum absolute atomic E-state index is 15.9. The first-order valence-corrected chi connectivity index (χ1v) is 16.8. The van der Waals surface area contributed by atoms with Gasteiger partial charge in [0.2, 0.25) is 5.91 Å². The van der Waals surface area contributed by atoms with Gasteiger partial charge in [-0.2, -0.15) is 5.10 Å². The van der Waals surface area contributed by atoms with Gasteiger partial charge in [0.25, 0.3) is 5.91 Å². The molecule has 0 N–H and O–H groups in total. The van der Waals surface area contributed by atoms with E-state index in [9.17, 15) is 9.59 Å². The summed E-state index contributed by atoms with van der Waals surface area (Å²) < 4.78 is 29.5. The second-order valence-corrected chi connectivity index (χ2v) is 16.2. The number of likely N-dealkylation sites (tertiary alicyclic amines) is 1. The minimum atomic E-state index is -0.684. The summed E-state index contributed by atoms with van der Waals surface area (Å²) in [6, 6.07) is 6.76. The molecule has 2 aliphatic heterocycles. The number of aromatic nitrogens is 3. The van der Waals surface area contributed by atoms with Crippen molar-refractivity contribution in [2.24, 2.45) is 0 Å². The molecule has 0 bridgehead atoms. The van der Waals surface area contributed by atoms with E-state index in [4.69, 9.17) is 21.1 Å². The van der Waals surface area contributed by atoms with Crippen LogP contribution in [0.2, 0.25) is 5.02 Å². The van der Waals surface area contributed by atoms with Crippen molar-refractivity contribution in [1.82, 2.24) is 19.7 Å². The van der Waals surface area contributed by atoms with Gasteiger partial charge in [-0.05, 0) is 49.5 Å². The molecule has 0 aliphatic carbocycles. The molecule has 220 valence electrons. The van der Waals surface area contributed by atoms with Gasteiger partial charge in [0.05, 0.1) is 24.3 Å². The van der Waals surface area contributed by atoms with Crippen molar-refractivity contribution in [1.29, 1.82) is 0 Å². The zero-order valence-corrected chi connectivity index (χ0v) is 25.3. The number of benzene rings is 1. The molecule has 2 amide bonds. The summed E-state index contributed by atoms with van der Waals surface area (Å²) in [7, 11) is 0.981. The predicted octanol–water partition coefficient (Wildman–Crippen LogP) is 4.36. The van der Waals surface area contributed by atoms with E-state index in [2.05, 4.69) is 28.8 Å². The Kier molecular flexibility index (Phi) is 8.70. The Hall–Kier alpha value is -2.99. The molecule has 4 heterocycles. The predicted molar refractivity (Wildman–Crippen MR) is 159 cm³/mol. The fraction of sp³-hybridized carbons (Fsp3) is 0.448. The van der Waals surface area contributed by atoms with Gasteiger partial charge in [-0.3, -0.25) is 9.59 Å². The zero-order chi connectivity index (χ0) is 29.3. The van der Waals surface area contributed by atoms with Gasteiger partial charge in [0.15, 0.2) is 0 Å². The number of nitrogens with zero attached hydrogens (tertiary/aromatic N) is 5.